The first-order valence-corrected chi connectivity index (χ1v) is 31.6. The number of aliphatic hydroxyl groups excluding tert-OH is 1. The van der Waals surface area contributed by atoms with Crippen molar-refractivity contribution in [2.24, 2.45) is 40.1 Å². The molecule has 1 aliphatic heterocycles. The van der Waals surface area contributed by atoms with Crippen LogP contribution in [0.2, 0.25) is 0 Å². The van der Waals surface area contributed by atoms with Crippen molar-refractivity contribution in [2.75, 3.05) is 36.9 Å². The van der Waals surface area contributed by atoms with Gasteiger partial charge in [-0.3, -0.25) is 34.1 Å². The summed E-state index contributed by atoms with van der Waals surface area (Å²) in [6, 6.07) is 8.72. The number of unbranched alkanes of at least 4 members (excludes halogenated alkanes) is 1. The highest BCUT2D eigenvalue weighted by Crippen LogP contribution is 2.72. The third-order valence-corrected chi connectivity index (χ3v) is 18.8. The standard InChI is InChI=1S/C66H88F2N8O14/c1-6-15-56-89-54-34-46-47-33-49(67)48-32-43(77)28-29-63(48,4)65(47,68)52(78)35-64(46,5)66(54,90-56)53(79)37-86-45-26-24-42(25-27-45)74-62(85)88-36-40-20-22-41(23-21-40)73-59(82)51(19-14-31-72-61(70)84)75-60(83)57(39(2)3)76-58(81)50(69)18-12-13-30-71-55(80)38-87-44-16-10-8-7-9-11-17-44/h20-29,32,39,44,46-47,49-52,54,56-57,78H,6-10,12-16,18-19,30-31,33-38,69H2,1-5H3,(H,71,80)(H,73,82)(H,74,85)(H,75,83)(H,76,81)(H3,70,72,84)/t44?,46-,47-,49-,50-,51-,52-,54+,56?,57-,63-,64-,65-,66+/m0/s1. The van der Waals surface area contributed by atoms with Crippen LogP contribution in [-0.2, 0) is 54.3 Å². The number of benzene rings is 2. The van der Waals surface area contributed by atoms with E-state index in [2.05, 4.69) is 43.7 Å². The Hall–Kier alpha value is -7.30. The van der Waals surface area contributed by atoms with E-state index >= 15 is 8.78 Å². The molecule has 8 rings (SSSR count). The molecule has 3 saturated carbocycles. The van der Waals surface area contributed by atoms with Crippen LogP contribution in [0.4, 0.5) is 29.7 Å². The van der Waals surface area contributed by atoms with Gasteiger partial charge in [0, 0.05) is 47.6 Å². The maximum atomic E-state index is 17.9. The van der Waals surface area contributed by atoms with Crippen molar-refractivity contribution in [3.8, 4) is 17.6 Å². The largest absolute Gasteiger partial charge is 0.486 e. The van der Waals surface area contributed by atoms with Gasteiger partial charge in [-0.05, 0) is 155 Å². The Morgan fingerprint density at radius 3 is 2.30 bits per heavy atom. The number of alkyl halides is 2. The maximum absolute atomic E-state index is 17.9. The summed E-state index contributed by atoms with van der Waals surface area (Å²) in [6.45, 7) is 8.50. The summed E-state index contributed by atoms with van der Waals surface area (Å²) in [6.07, 6.45) is 5.20. The van der Waals surface area contributed by atoms with Gasteiger partial charge in [-0.15, -0.1) is 5.92 Å². The van der Waals surface area contributed by atoms with Gasteiger partial charge in [0.25, 0.3) is 0 Å². The molecule has 90 heavy (non-hydrogen) atoms. The molecule has 0 radical (unpaired) electrons. The van der Waals surface area contributed by atoms with Crippen molar-refractivity contribution >= 4 is 58.7 Å². The minimum absolute atomic E-state index is 0.00719. The second kappa shape index (κ2) is 30.2. The van der Waals surface area contributed by atoms with Crippen molar-refractivity contribution in [1.29, 1.82) is 0 Å². The number of urea groups is 1. The number of amides is 7. The van der Waals surface area contributed by atoms with E-state index in [9.17, 15) is 43.5 Å². The first-order valence-electron chi connectivity index (χ1n) is 31.6. The molecule has 0 bridgehead atoms. The minimum atomic E-state index is -2.35. The van der Waals surface area contributed by atoms with E-state index in [0.717, 1.165) is 38.2 Å². The SMILES string of the molecule is CCCC1O[C@@H]2C[C@H]3[C@@H]4C[C@H](F)C5=CC(=O)C=C[C@]5(C)[C@@]4(F)[C@@H](O)C[C@]3(C)[C@]2(C(=O)COc2ccc(NC(=O)OCc3ccc(NC(=O)[C@H](CCCNC(N)=O)NC(=O)[C@@H](NC(=O)[C@@H](N)CCCCNC(=O)COC4C#CCCCCC4)C(C)C)cc3)cc2)O1. The molecule has 2 aromatic carbocycles. The number of hydrogen-bond donors (Lipinski definition) is 9. The predicted molar refractivity (Wildman–Crippen MR) is 328 cm³/mol. The van der Waals surface area contributed by atoms with Crippen LogP contribution in [-0.4, -0.2) is 139 Å². The third-order valence-electron chi connectivity index (χ3n) is 18.8. The van der Waals surface area contributed by atoms with Gasteiger partial charge in [0.15, 0.2) is 23.3 Å². The molecule has 2 aromatic rings. The van der Waals surface area contributed by atoms with Crippen molar-refractivity contribution in [3.05, 3.63) is 77.9 Å². The van der Waals surface area contributed by atoms with Crippen LogP contribution in [0.3, 0.4) is 0 Å². The second-order valence-corrected chi connectivity index (χ2v) is 25.3. The van der Waals surface area contributed by atoms with Gasteiger partial charge in [-0.25, -0.2) is 18.4 Å². The summed E-state index contributed by atoms with van der Waals surface area (Å²) in [5.74, 6) is 1.42. The number of Topliss-reactive ketones (excluding diaryl/α,β-unsaturated/α-hetero) is 1. The molecule has 0 aromatic heterocycles. The highest BCUT2D eigenvalue weighted by atomic mass is 19.1. The zero-order valence-electron chi connectivity index (χ0n) is 52.0. The van der Waals surface area contributed by atoms with Gasteiger partial charge in [0.1, 0.15) is 49.9 Å². The zero-order chi connectivity index (χ0) is 65.0. The molecule has 490 valence electrons. The van der Waals surface area contributed by atoms with Crippen LogP contribution >= 0.6 is 0 Å². The maximum Gasteiger partial charge on any atom is 0.411 e. The Bertz CT molecular complexity index is 3070. The molecule has 1 heterocycles. The number of nitrogens with one attached hydrogen (secondary N) is 6. The number of anilines is 2. The molecular weight excluding hydrogens is 1170 g/mol. The van der Waals surface area contributed by atoms with Gasteiger partial charge in [0.2, 0.25) is 29.4 Å². The normalized spacial score (nSPS) is 29.1. The molecule has 2 unspecified atom stereocenters. The monoisotopic (exact) mass is 1250 g/mol. The topological polar surface area (TPSA) is 327 Å². The molecule has 0 spiro atoms. The molecule has 11 N–H and O–H groups in total. The minimum Gasteiger partial charge on any atom is -0.486 e. The van der Waals surface area contributed by atoms with Crippen LogP contribution < -0.4 is 48.1 Å². The van der Waals surface area contributed by atoms with E-state index in [0.29, 0.717) is 49.2 Å². The molecule has 1 saturated heterocycles. The van der Waals surface area contributed by atoms with E-state index in [4.69, 9.17) is 35.2 Å². The van der Waals surface area contributed by atoms with E-state index in [1.807, 2.05) is 6.92 Å². The van der Waals surface area contributed by atoms with Crippen molar-refractivity contribution in [1.82, 2.24) is 21.3 Å². The lowest BCUT2D eigenvalue weighted by Gasteiger charge is -2.63. The molecule has 5 aliphatic carbocycles. The summed E-state index contributed by atoms with van der Waals surface area (Å²) < 4.78 is 64.3. The number of aliphatic hydroxyl groups is 1. The Morgan fingerprint density at radius 1 is 0.856 bits per heavy atom. The number of allylic oxidation sites excluding steroid dienone is 4. The number of ketones is 2. The van der Waals surface area contributed by atoms with Gasteiger partial charge >= 0.3 is 12.1 Å². The molecule has 14 atom stereocenters. The number of carbonyl (C=O) groups excluding carboxylic acids is 8. The number of carbonyl (C=O) groups is 8. The Kier molecular flexibility index (Phi) is 23.0. The number of hydrogen-bond acceptors (Lipinski definition) is 15. The summed E-state index contributed by atoms with van der Waals surface area (Å²) in [4.78, 5) is 105. The Balaban J connectivity index is 0.794. The summed E-state index contributed by atoms with van der Waals surface area (Å²) in [5, 5.41) is 28.1. The molecule has 6 aliphatic rings. The van der Waals surface area contributed by atoms with Gasteiger partial charge in [-0.1, -0.05) is 64.7 Å². The van der Waals surface area contributed by atoms with E-state index < -0.39 is 131 Å². The van der Waals surface area contributed by atoms with Crippen molar-refractivity contribution < 1.29 is 75.9 Å². The van der Waals surface area contributed by atoms with E-state index in [1.165, 1.54) is 19.1 Å². The quantitative estimate of drug-likeness (QED) is 0.0321. The van der Waals surface area contributed by atoms with E-state index in [-0.39, 0.29) is 81.6 Å². The molecule has 22 nitrogen and oxygen atoms in total. The van der Waals surface area contributed by atoms with Crippen LogP contribution in [0.1, 0.15) is 136 Å². The summed E-state index contributed by atoms with van der Waals surface area (Å²) >= 11 is 0. The first kappa shape index (κ1) is 68.6. The predicted octanol–water partition coefficient (Wildman–Crippen LogP) is 6.57. The number of rotatable bonds is 28. The lowest BCUT2D eigenvalue weighted by atomic mass is 9.44. The van der Waals surface area contributed by atoms with Gasteiger partial charge in [-0.2, -0.15) is 0 Å². The van der Waals surface area contributed by atoms with Gasteiger partial charge < -0.3 is 66.8 Å². The van der Waals surface area contributed by atoms with Crippen molar-refractivity contribution in [2.45, 2.75) is 198 Å². The Morgan fingerprint density at radius 2 is 1.58 bits per heavy atom. The highest BCUT2D eigenvalue weighted by Gasteiger charge is 2.80. The fourth-order valence-electron chi connectivity index (χ4n) is 14.0. The van der Waals surface area contributed by atoms with Crippen molar-refractivity contribution in [3.63, 3.8) is 0 Å². The Labute approximate surface area is 524 Å². The molecule has 4 fully saturated rings. The van der Waals surface area contributed by atoms with Crippen LogP contribution in [0.25, 0.3) is 0 Å². The average molecular weight is 1260 g/mol. The van der Waals surface area contributed by atoms with Crippen LogP contribution in [0.5, 0.6) is 5.75 Å². The molecular formula is C66H88F2N8O14. The highest BCUT2D eigenvalue weighted by molar-refractivity contribution is 6.02. The zero-order valence-corrected chi connectivity index (χ0v) is 52.0. The summed E-state index contributed by atoms with van der Waals surface area (Å²) in [7, 11) is 0. The molecule has 24 heteroatoms. The lowest BCUT2D eigenvalue weighted by Crippen LogP contribution is -2.71. The van der Waals surface area contributed by atoms with Crippen LogP contribution in [0.15, 0.2) is 72.3 Å². The fourth-order valence-corrected chi connectivity index (χ4v) is 14.0. The number of nitrogens with two attached hydrogens (primary N) is 2. The number of halogens is 2. The third kappa shape index (κ3) is 15.5. The average Bonchev–Trinajstić information content (AvgIpc) is 1.39. The van der Waals surface area contributed by atoms with Crippen LogP contribution in [0, 0.1) is 40.4 Å². The summed E-state index contributed by atoms with van der Waals surface area (Å²) in [5.41, 5.74) is 5.95. The number of primary amides is 1. The van der Waals surface area contributed by atoms with E-state index in [1.54, 1.807) is 69.3 Å². The number of fused-ring (bicyclic) bond motifs is 7. The number of ether oxygens (including phenoxy) is 5. The lowest BCUT2D eigenvalue weighted by molar-refractivity contribution is -0.234. The smallest absolute Gasteiger partial charge is 0.411 e. The molecule has 7 amide bonds. The first-order chi connectivity index (χ1) is 42.9. The fraction of sp³-hybridized carbons (Fsp3) is 0.606. The second-order valence-electron chi connectivity index (χ2n) is 25.3. The van der Waals surface area contributed by atoms with Gasteiger partial charge in [0.05, 0.1) is 18.2 Å².